The first-order valence-corrected chi connectivity index (χ1v) is 7.71. The lowest BCUT2D eigenvalue weighted by atomic mass is 10.2. The van der Waals surface area contributed by atoms with Crippen LogP contribution in [0.2, 0.25) is 0 Å². The Bertz CT molecular complexity index is 757. The van der Waals surface area contributed by atoms with Crippen LogP contribution in [0.4, 0.5) is 4.39 Å². The predicted molar refractivity (Wildman–Crippen MR) is 89.5 cm³/mol. The lowest BCUT2D eigenvalue weighted by Gasteiger charge is -2.09. The molecule has 0 aliphatic heterocycles. The van der Waals surface area contributed by atoms with E-state index in [1.54, 1.807) is 24.4 Å². The Morgan fingerprint density at radius 3 is 2.87 bits per heavy atom. The molecule has 0 aliphatic rings. The van der Waals surface area contributed by atoms with E-state index in [9.17, 15) is 4.39 Å². The highest BCUT2D eigenvalue weighted by Crippen LogP contribution is 2.28. The normalized spacial score (nSPS) is 10.7. The Labute approximate surface area is 142 Å². The number of aliphatic hydroxyl groups is 1. The van der Waals surface area contributed by atoms with Crippen LogP contribution in [-0.4, -0.2) is 24.5 Å². The van der Waals surface area contributed by atoms with Crippen molar-refractivity contribution in [2.75, 3.05) is 13.2 Å². The average Bonchev–Trinajstić information content (AvgIpc) is 2.55. The molecule has 6 heteroatoms. The predicted octanol–water partition coefficient (Wildman–Crippen LogP) is 4.05. The van der Waals surface area contributed by atoms with Crippen molar-refractivity contribution in [1.29, 1.82) is 5.26 Å². The molecule has 2 aromatic rings. The summed E-state index contributed by atoms with van der Waals surface area (Å²) in [5.74, 6) is 0.320. The van der Waals surface area contributed by atoms with Crippen molar-refractivity contribution in [3.63, 3.8) is 0 Å². The van der Waals surface area contributed by atoms with E-state index in [2.05, 4.69) is 20.9 Å². The number of halogens is 2. The quantitative estimate of drug-likeness (QED) is 0.610. The van der Waals surface area contributed by atoms with Crippen LogP contribution in [0.5, 0.6) is 11.5 Å². The van der Waals surface area contributed by atoms with Crippen LogP contribution in [-0.2, 0) is 0 Å². The average molecular weight is 377 g/mol. The van der Waals surface area contributed by atoms with Gasteiger partial charge >= 0.3 is 0 Å². The van der Waals surface area contributed by atoms with Gasteiger partial charge in [-0.05, 0) is 42.8 Å². The Morgan fingerprint density at radius 2 is 2.13 bits per heavy atom. The van der Waals surface area contributed by atoms with Crippen molar-refractivity contribution in [2.24, 2.45) is 4.99 Å². The van der Waals surface area contributed by atoms with Crippen molar-refractivity contribution in [1.82, 2.24) is 0 Å². The van der Waals surface area contributed by atoms with Crippen LogP contribution in [0.15, 0.2) is 45.9 Å². The van der Waals surface area contributed by atoms with Crippen molar-refractivity contribution in [3.05, 3.63) is 57.8 Å². The smallest absolute Gasteiger partial charge is 0.145 e. The van der Waals surface area contributed by atoms with E-state index in [1.807, 2.05) is 6.07 Å². The molecular weight excluding hydrogens is 363 g/mol. The molecule has 0 bridgehead atoms. The third-order valence-corrected chi connectivity index (χ3v) is 3.66. The molecule has 0 aliphatic carbocycles. The van der Waals surface area contributed by atoms with Gasteiger partial charge in [-0.1, -0.05) is 15.9 Å². The van der Waals surface area contributed by atoms with Gasteiger partial charge in [-0.25, -0.2) is 4.39 Å². The zero-order valence-electron chi connectivity index (χ0n) is 12.2. The maximum absolute atomic E-state index is 13.1. The highest BCUT2D eigenvalue weighted by Gasteiger charge is 2.07. The van der Waals surface area contributed by atoms with E-state index in [0.717, 1.165) is 16.1 Å². The van der Waals surface area contributed by atoms with Gasteiger partial charge in [0.1, 0.15) is 23.4 Å². The lowest BCUT2D eigenvalue weighted by molar-refractivity contribution is 0.291. The molecule has 4 nitrogen and oxygen atoms in total. The third-order valence-electron chi connectivity index (χ3n) is 2.93. The summed E-state index contributed by atoms with van der Waals surface area (Å²) in [5.41, 5.74) is 0.937. The Hall–Kier alpha value is -2.23. The summed E-state index contributed by atoms with van der Waals surface area (Å²) >= 11 is 3.42. The fourth-order valence-electron chi connectivity index (χ4n) is 1.81. The largest absolute Gasteiger partial charge is 0.456 e. The van der Waals surface area contributed by atoms with Crippen LogP contribution in [0.3, 0.4) is 0 Å². The first-order chi connectivity index (χ1) is 11.1. The number of hydrogen-bond acceptors (Lipinski definition) is 4. The summed E-state index contributed by atoms with van der Waals surface area (Å²) < 4.78 is 19.7. The van der Waals surface area contributed by atoms with Gasteiger partial charge in [0.15, 0.2) is 0 Å². The molecule has 0 aromatic heterocycles. The maximum atomic E-state index is 13.1. The van der Waals surface area contributed by atoms with Crippen LogP contribution >= 0.6 is 15.9 Å². The van der Waals surface area contributed by atoms with Crippen LogP contribution in [0, 0.1) is 17.1 Å². The monoisotopic (exact) mass is 376 g/mol. The van der Waals surface area contributed by atoms with E-state index in [0.29, 0.717) is 24.5 Å². The molecule has 0 spiro atoms. The summed E-state index contributed by atoms with van der Waals surface area (Å²) in [4.78, 5) is 4.21. The van der Waals surface area contributed by atoms with E-state index < -0.39 is 5.82 Å². The number of aliphatic imine (C=N–C) groups is 1. The van der Waals surface area contributed by atoms with Gasteiger partial charge in [-0.3, -0.25) is 4.99 Å². The number of aliphatic hydroxyl groups excluding tert-OH is 1. The van der Waals surface area contributed by atoms with E-state index >= 15 is 0 Å². The minimum absolute atomic E-state index is 0.100. The number of nitriles is 1. The molecule has 0 radical (unpaired) electrons. The van der Waals surface area contributed by atoms with Gasteiger partial charge in [0.25, 0.3) is 0 Å². The fourth-order valence-corrected chi connectivity index (χ4v) is 2.16. The van der Waals surface area contributed by atoms with Crippen LogP contribution < -0.4 is 4.74 Å². The van der Waals surface area contributed by atoms with Gasteiger partial charge in [-0.15, -0.1) is 0 Å². The molecule has 23 heavy (non-hydrogen) atoms. The maximum Gasteiger partial charge on any atom is 0.145 e. The Balaban J connectivity index is 2.21. The third kappa shape index (κ3) is 4.88. The summed E-state index contributed by atoms with van der Waals surface area (Å²) in [7, 11) is 0. The van der Waals surface area contributed by atoms with Gasteiger partial charge in [0.05, 0.1) is 5.56 Å². The number of benzene rings is 2. The summed E-state index contributed by atoms with van der Waals surface area (Å²) in [6, 6.07) is 11.0. The molecule has 0 unspecified atom stereocenters. The minimum Gasteiger partial charge on any atom is -0.456 e. The van der Waals surface area contributed by atoms with E-state index in [1.165, 1.54) is 12.1 Å². The first kappa shape index (κ1) is 17.1. The number of nitrogens with zero attached hydrogens (tertiary/aromatic N) is 2. The highest BCUT2D eigenvalue weighted by atomic mass is 79.9. The van der Waals surface area contributed by atoms with E-state index in [4.69, 9.17) is 15.1 Å². The zero-order valence-corrected chi connectivity index (χ0v) is 13.8. The molecular formula is C17H14BrFN2O2. The Morgan fingerprint density at radius 1 is 1.30 bits per heavy atom. The molecule has 2 rings (SSSR count). The number of hydrogen-bond donors (Lipinski definition) is 1. The van der Waals surface area contributed by atoms with Gasteiger partial charge in [0.2, 0.25) is 0 Å². The van der Waals surface area contributed by atoms with E-state index in [-0.39, 0.29) is 12.2 Å². The van der Waals surface area contributed by atoms with Crippen LogP contribution in [0.1, 0.15) is 17.5 Å². The standard InChI is InChI=1S/C17H14BrFN2O2/c18-16-4-3-15(9-13(16)11-21-6-1-7-22)23-17-5-2-14(19)8-12(17)10-20/h2-5,8-9,11,22H,1,6-7H2. The van der Waals surface area contributed by atoms with Crippen molar-refractivity contribution >= 4 is 22.1 Å². The molecule has 0 atom stereocenters. The van der Waals surface area contributed by atoms with Crippen molar-refractivity contribution in [3.8, 4) is 17.6 Å². The topological polar surface area (TPSA) is 65.6 Å². The molecule has 0 saturated carbocycles. The van der Waals surface area contributed by atoms with Crippen LogP contribution in [0.25, 0.3) is 0 Å². The molecule has 118 valence electrons. The minimum atomic E-state index is -0.485. The molecule has 2 aromatic carbocycles. The van der Waals surface area contributed by atoms with Crippen molar-refractivity contribution in [2.45, 2.75) is 6.42 Å². The highest BCUT2D eigenvalue weighted by molar-refractivity contribution is 9.10. The van der Waals surface area contributed by atoms with Gasteiger partial charge < -0.3 is 9.84 Å². The second kappa shape index (κ2) is 8.42. The molecule has 0 fully saturated rings. The summed E-state index contributed by atoms with van der Waals surface area (Å²) in [6.45, 7) is 0.633. The molecule has 0 saturated heterocycles. The van der Waals surface area contributed by atoms with Crippen molar-refractivity contribution < 1.29 is 14.2 Å². The second-order valence-corrected chi connectivity index (χ2v) is 5.50. The second-order valence-electron chi connectivity index (χ2n) is 4.65. The SMILES string of the molecule is N#Cc1cc(F)ccc1Oc1ccc(Br)c(C=NCCCO)c1. The summed E-state index contributed by atoms with van der Waals surface area (Å²) in [5, 5.41) is 17.8. The summed E-state index contributed by atoms with van der Waals surface area (Å²) in [6.07, 6.45) is 2.29. The number of ether oxygens (including phenoxy) is 1. The number of rotatable bonds is 6. The fraction of sp³-hybridized carbons (Fsp3) is 0.176. The van der Waals surface area contributed by atoms with Gasteiger partial charge in [-0.2, -0.15) is 5.26 Å². The Kier molecular flexibility index (Phi) is 6.27. The molecule has 0 heterocycles. The zero-order chi connectivity index (χ0) is 16.7. The first-order valence-electron chi connectivity index (χ1n) is 6.92. The lowest BCUT2D eigenvalue weighted by Crippen LogP contribution is -1.93. The molecule has 0 amide bonds. The van der Waals surface area contributed by atoms with Gasteiger partial charge in [0, 0.05) is 29.4 Å². The molecule has 1 N–H and O–H groups in total.